The number of carbonyl (C=O) groups excluding carboxylic acids is 1. The number of hydrogen-bond donors (Lipinski definition) is 0. The monoisotopic (exact) mass is 356 g/mol. The molecule has 26 heavy (non-hydrogen) atoms. The third-order valence-electron chi connectivity index (χ3n) is 4.10. The molecule has 0 bridgehead atoms. The van der Waals surface area contributed by atoms with Crippen LogP contribution in [0.5, 0.6) is 5.75 Å². The molecule has 0 unspecified atom stereocenters. The third-order valence-corrected chi connectivity index (χ3v) is 4.10. The number of fused-ring (bicyclic) bond motifs is 1. The van der Waals surface area contributed by atoms with E-state index < -0.39 is 11.6 Å². The number of ether oxygens (including phenoxy) is 1. The van der Waals surface area contributed by atoms with Crippen molar-refractivity contribution in [3.8, 4) is 17.1 Å². The van der Waals surface area contributed by atoms with Crippen molar-refractivity contribution in [2.45, 2.75) is 13.0 Å². The lowest BCUT2D eigenvalue weighted by molar-refractivity contribution is 0.0952. The first-order valence-electron chi connectivity index (χ1n) is 8.02. The minimum atomic E-state index is -0.997. The van der Waals surface area contributed by atoms with Crippen molar-refractivity contribution in [3.63, 3.8) is 0 Å². The van der Waals surface area contributed by atoms with E-state index >= 15 is 0 Å². The molecule has 132 valence electrons. The molecule has 1 atom stereocenters. The molecule has 4 rings (SSSR count). The summed E-state index contributed by atoms with van der Waals surface area (Å²) in [5.41, 5.74) is 1.02. The number of nitrogens with zero attached hydrogens (tertiary/aromatic N) is 2. The second-order valence-corrected chi connectivity index (χ2v) is 6.02. The summed E-state index contributed by atoms with van der Waals surface area (Å²) in [7, 11) is 0. The number of benzene rings is 2. The van der Waals surface area contributed by atoms with Crippen molar-refractivity contribution in [2.75, 3.05) is 11.4 Å². The molecule has 1 amide bonds. The van der Waals surface area contributed by atoms with Crippen LogP contribution in [0.25, 0.3) is 11.3 Å². The van der Waals surface area contributed by atoms with Gasteiger partial charge in [-0.2, -0.15) is 0 Å². The molecule has 3 aromatic rings. The Labute approximate surface area is 147 Å². The van der Waals surface area contributed by atoms with E-state index in [1.165, 1.54) is 12.1 Å². The molecule has 0 spiro atoms. The summed E-state index contributed by atoms with van der Waals surface area (Å²) in [6, 6.07) is 12.0. The van der Waals surface area contributed by atoms with Gasteiger partial charge in [0, 0.05) is 11.6 Å². The van der Waals surface area contributed by atoms with Crippen molar-refractivity contribution in [2.24, 2.45) is 0 Å². The zero-order chi connectivity index (χ0) is 18.3. The quantitative estimate of drug-likeness (QED) is 0.695. The van der Waals surface area contributed by atoms with Crippen molar-refractivity contribution in [1.29, 1.82) is 0 Å². The first kappa shape index (κ1) is 16.3. The number of amides is 1. The van der Waals surface area contributed by atoms with Gasteiger partial charge >= 0.3 is 0 Å². The molecule has 7 heteroatoms. The number of anilines is 1. The molecular formula is C19H14F2N2O3. The van der Waals surface area contributed by atoms with Crippen LogP contribution < -0.4 is 9.64 Å². The second kappa shape index (κ2) is 6.25. The lowest BCUT2D eigenvalue weighted by atomic mass is 10.1. The molecule has 0 radical (unpaired) electrons. The minimum absolute atomic E-state index is 0.0774. The van der Waals surface area contributed by atoms with Gasteiger partial charge in [0.25, 0.3) is 5.91 Å². The van der Waals surface area contributed by atoms with Gasteiger partial charge in [-0.3, -0.25) is 9.69 Å². The van der Waals surface area contributed by atoms with Crippen molar-refractivity contribution >= 4 is 11.6 Å². The topological polar surface area (TPSA) is 55.6 Å². The fourth-order valence-corrected chi connectivity index (χ4v) is 2.88. The zero-order valence-corrected chi connectivity index (χ0v) is 13.8. The Bertz CT molecular complexity index is 986. The van der Waals surface area contributed by atoms with Crippen LogP contribution in [0.3, 0.4) is 0 Å². The fraction of sp³-hybridized carbons (Fsp3) is 0.158. The smallest absolute Gasteiger partial charge is 0.280 e. The van der Waals surface area contributed by atoms with Gasteiger partial charge in [-0.1, -0.05) is 17.3 Å². The summed E-state index contributed by atoms with van der Waals surface area (Å²) in [5.74, 6) is -1.51. The zero-order valence-electron chi connectivity index (χ0n) is 13.8. The highest BCUT2D eigenvalue weighted by atomic mass is 19.2. The average Bonchev–Trinajstić information content (AvgIpc) is 3.13. The number of halogens is 2. The first-order chi connectivity index (χ1) is 12.5. The maximum Gasteiger partial charge on any atom is 0.280 e. The number of rotatable bonds is 2. The molecule has 0 saturated carbocycles. The van der Waals surface area contributed by atoms with E-state index in [-0.39, 0.29) is 23.5 Å². The highest BCUT2D eigenvalue weighted by molar-refractivity contribution is 6.06. The molecule has 1 aliphatic rings. The summed E-state index contributed by atoms with van der Waals surface area (Å²) in [4.78, 5) is 14.5. The highest BCUT2D eigenvalue weighted by Gasteiger charge is 2.30. The van der Waals surface area contributed by atoms with Crippen molar-refractivity contribution < 1.29 is 22.8 Å². The number of carbonyl (C=O) groups is 1. The van der Waals surface area contributed by atoms with Gasteiger partial charge < -0.3 is 9.26 Å². The van der Waals surface area contributed by atoms with Crippen LogP contribution in [0.1, 0.15) is 17.4 Å². The van der Waals surface area contributed by atoms with Gasteiger partial charge in [-0.15, -0.1) is 0 Å². The Hall–Kier alpha value is -3.22. The maximum absolute atomic E-state index is 13.4. The summed E-state index contributed by atoms with van der Waals surface area (Å²) in [6.07, 6.45) is -0.175. The van der Waals surface area contributed by atoms with E-state index in [4.69, 9.17) is 9.26 Å². The predicted octanol–water partition coefficient (Wildman–Crippen LogP) is 4.05. The molecule has 0 aliphatic carbocycles. The number of hydrogen-bond acceptors (Lipinski definition) is 4. The first-order valence-corrected chi connectivity index (χ1v) is 8.02. The lowest BCUT2D eigenvalue weighted by Crippen LogP contribution is -2.42. The van der Waals surface area contributed by atoms with Gasteiger partial charge in [0.2, 0.25) is 0 Å². The Morgan fingerprint density at radius 2 is 1.96 bits per heavy atom. The normalized spacial score (nSPS) is 16.1. The summed E-state index contributed by atoms with van der Waals surface area (Å²) in [6.45, 7) is 2.23. The molecule has 5 nitrogen and oxygen atoms in total. The van der Waals surface area contributed by atoms with Gasteiger partial charge in [0.15, 0.2) is 23.1 Å². The van der Waals surface area contributed by atoms with Gasteiger partial charge in [0.1, 0.15) is 11.9 Å². The Balaban J connectivity index is 1.66. The summed E-state index contributed by atoms with van der Waals surface area (Å²) >= 11 is 0. The average molecular weight is 356 g/mol. The van der Waals surface area contributed by atoms with Crippen LogP contribution in [-0.4, -0.2) is 23.7 Å². The molecular weight excluding hydrogens is 342 g/mol. The molecule has 2 heterocycles. The lowest BCUT2D eigenvalue weighted by Gasteiger charge is -2.32. The Morgan fingerprint density at radius 3 is 2.77 bits per heavy atom. The molecule has 0 saturated heterocycles. The Kier molecular flexibility index (Phi) is 3.91. The third kappa shape index (κ3) is 2.81. The molecule has 1 aromatic heterocycles. The van der Waals surface area contributed by atoms with Crippen molar-refractivity contribution in [1.82, 2.24) is 5.16 Å². The fourth-order valence-electron chi connectivity index (χ4n) is 2.88. The van der Waals surface area contributed by atoms with E-state index in [0.717, 1.165) is 12.1 Å². The van der Waals surface area contributed by atoms with Crippen LogP contribution in [0.4, 0.5) is 14.5 Å². The maximum atomic E-state index is 13.4. The molecule has 0 N–H and O–H groups in total. The largest absolute Gasteiger partial charge is 0.487 e. The van der Waals surface area contributed by atoms with Gasteiger partial charge in [0.05, 0.1) is 12.2 Å². The van der Waals surface area contributed by atoms with Crippen LogP contribution in [0.15, 0.2) is 53.1 Å². The Morgan fingerprint density at radius 1 is 1.15 bits per heavy atom. The van der Waals surface area contributed by atoms with E-state index in [0.29, 0.717) is 23.5 Å². The second-order valence-electron chi connectivity index (χ2n) is 6.02. The van der Waals surface area contributed by atoms with E-state index in [2.05, 4.69) is 5.16 Å². The molecule has 2 aromatic carbocycles. The van der Waals surface area contributed by atoms with Gasteiger partial charge in [-0.25, -0.2) is 8.78 Å². The molecule has 1 aliphatic heterocycles. The minimum Gasteiger partial charge on any atom is -0.487 e. The highest BCUT2D eigenvalue weighted by Crippen LogP contribution is 2.34. The molecule has 0 fully saturated rings. The van der Waals surface area contributed by atoms with Crippen LogP contribution in [0.2, 0.25) is 0 Å². The van der Waals surface area contributed by atoms with Gasteiger partial charge in [-0.05, 0) is 37.3 Å². The number of aromatic nitrogens is 1. The summed E-state index contributed by atoms with van der Waals surface area (Å²) in [5, 5.41) is 3.79. The van der Waals surface area contributed by atoms with Crippen LogP contribution in [-0.2, 0) is 0 Å². The SMILES string of the molecule is C[C@H]1CN(C(=O)c2cc(-c3ccc(F)c(F)c3)on2)c2ccccc2O1. The van der Waals surface area contributed by atoms with E-state index in [1.54, 1.807) is 17.0 Å². The number of para-hydroxylation sites is 2. The standard InChI is InChI=1S/C19H14F2N2O3/c1-11-10-23(16-4-2-3-5-17(16)25-11)19(24)15-9-18(26-22-15)12-6-7-13(20)14(21)8-12/h2-9,11H,10H2,1H3/t11-/m0/s1. The van der Waals surface area contributed by atoms with E-state index in [9.17, 15) is 13.6 Å². The van der Waals surface area contributed by atoms with Crippen LogP contribution in [0, 0.1) is 11.6 Å². The predicted molar refractivity (Wildman–Crippen MR) is 90.1 cm³/mol. The van der Waals surface area contributed by atoms with Crippen molar-refractivity contribution in [3.05, 3.63) is 65.9 Å². The van der Waals surface area contributed by atoms with E-state index in [1.807, 2.05) is 19.1 Å². The summed E-state index contributed by atoms with van der Waals surface area (Å²) < 4.78 is 37.4. The van der Waals surface area contributed by atoms with Crippen LogP contribution >= 0.6 is 0 Å².